The molecular formula is C20H20N4O. The molecule has 3 heterocycles. The van der Waals surface area contributed by atoms with Gasteiger partial charge in [-0.25, -0.2) is 9.97 Å². The van der Waals surface area contributed by atoms with Gasteiger partial charge in [-0.15, -0.1) is 0 Å². The number of benzene rings is 1. The summed E-state index contributed by atoms with van der Waals surface area (Å²) in [5.41, 5.74) is 3.50. The van der Waals surface area contributed by atoms with E-state index in [9.17, 15) is 4.79 Å². The third-order valence-corrected chi connectivity index (χ3v) is 4.68. The molecule has 0 aliphatic carbocycles. The number of likely N-dealkylation sites (tertiary alicyclic amines) is 1. The van der Waals surface area contributed by atoms with Crippen molar-refractivity contribution in [3.8, 4) is 0 Å². The second-order valence-electron chi connectivity index (χ2n) is 6.66. The number of pyridine rings is 1. The van der Waals surface area contributed by atoms with E-state index in [1.165, 1.54) is 0 Å². The number of para-hydroxylation sites is 1. The number of carbonyl (C=O) groups excluding carboxylic acids is 1. The Labute approximate surface area is 146 Å². The summed E-state index contributed by atoms with van der Waals surface area (Å²) in [5, 5.41) is 0.988. The van der Waals surface area contributed by atoms with Gasteiger partial charge in [-0.2, -0.15) is 0 Å². The molecule has 2 aromatic heterocycles. The van der Waals surface area contributed by atoms with Crippen LogP contribution in [-0.4, -0.2) is 38.8 Å². The van der Waals surface area contributed by atoms with Crippen LogP contribution in [0.4, 0.5) is 0 Å². The molecule has 5 nitrogen and oxygen atoms in total. The molecule has 1 fully saturated rings. The van der Waals surface area contributed by atoms with Crippen molar-refractivity contribution < 1.29 is 4.79 Å². The van der Waals surface area contributed by atoms with Crippen LogP contribution in [0.1, 0.15) is 39.9 Å². The number of carbonyl (C=O) groups is 1. The van der Waals surface area contributed by atoms with E-state index in [4.69, 9.17) is 0 Å². The zero-order valence-corrected chi connectivity index (χ0v) is 14.4. The molecule has 0 spiro atoms. The molecule has 1 saturated heterocycles. The van der Waals surface area contributed by atoms with E-state index in [0.29, 0.717) is 12.1 Å². The van der Waals surface area contributed by atoms with E-state index in [2.05, 4.69) is 15.0 Å². The highest BCUT2D eigenvalue weighted by Crippen LogP contribution is 2.26. The van der Waals surface area contributed by atoms with Gasteiger partial charge in [0.05, 0.1) is 11.1 Å². The summed E-state index contributed by atoms with van der Waals surface area (Å²) in [6, 6.07) is 11.7. The Kier molecular flexibility index (Phi) is 3.92. The third kappa shape index (κ3) is 3.09. The molecule has 3 aromatic rings. The van der Waals surface area contributed by atoms with Gasteiger partial charge in [0.15, 0.2) is 0 Å². The second kappa shape index (κ2) is 6.24. The highest BCUT2D eigenvalue weighted by atomic mass is 16.2. The summed E-state index contributed by atoms with van der Waals surface area (Å²) in [4.78, 5) is 28.3. The third-order valence-electron chi connectivity index (χ3n) is 4.68. The first kappa shape index (κ1) is 15.7. The van der Waals surface area contributed by atoms with Crippen molar-refractivity contribution >= 4 is 16.8 Å². The number of aryl methyl sites for hydroxylation is 2. The molecule has 1 atom stereocenters. The zero-order valence-electron chi connectivity index (χ0n) is 14.4. The van der Waals surface area contributed by atoms with E-state index in [0.717, 1.165) is 41.1 Å². The zero-order chi connectivity index (χ0) is 17.4. The van der Waals surface area contributed by atoms with Crippen LogP contribution < -0.4 is 0 Å². The average Bonchev–Trinajstić information content (AvgIpc) is 3.10. The summed E-state index contributed by atoms with van der Waals surface area (Å²) in [7, 11) is 0. The summed E-state index contributed by atoms with van der Waals surface area (Å²) >= 11 is 0. The molecule has 0 unspecified atom stereocenters. The molecule has 1 aromatic carbocycles. The van der Waals surface area contributed by atoms with Crippen molar-refractivity contribution in [2.24, 2.45) is 0 Å². The lowest BCUT2D eigenvalue weighted by Crippen LogP contribution is -2.28. The number of amides is 1. The van der Waals surface area contributed by atoms with Crippen LogP contribution in [0.25, 0.3) is 10.9 Å². The number of rotatable bonds is 2. The van der Waals surface area contributed by atoms with E-state index in [1.54, 1.807) is 6.20 Å². The Morgan fingerprint density at radius 2 is 1.88 bits per heavy atom. The highest BCUT2D eigenvalue weighted by molar-refractivity contribution is 5.97. The van der Waals surface area contributed by atoms with Gasteiger partial charge in [0, 0.05) is 42.0 Å². The van der Waals surface area contributed by atoms with Gasteiger partial charge in [-0.1, -0.05) is 18.2 Å². The van der Waals surface area contributed by atoms with Crippen LogP contribution in [-0.2, 0) is 0 Å². The Balaban J connectivity index is 1.55. The molecular weight excluding hydrogens is 312 g/mol. The maximum atomic E-state index is 12.8. The van der Waals surface area contributed by atoms with Crippen molar-refractivity contribution in [1.29, 1.82) is 0 Å². The summed E-state index contributed by atoms with van der Waals surface area (Å²) in [6.45, 7) is 5.36. The first-order valence-electron chi connectivity index (χ1n) is 8.56. The molecule has 25 heavy (non-hydrogen) atoms. The van der Waals surface area contributed by atoms with Crippen LogP contribution >= 0.6 is 0 Å². The van der Waals surface area contributed by atoms with Crippen molar-refractivity contribution in [1.82, 2.24) is 19.9 Å². The lowest BCUT2D eigenvalue weighted by atomic mass is 10.1. The van der Waals surface area contributed by atoms with Gasteiger partial charge in [-0.05, 0) is 38.5 Å². The topological polar surface area (TPSA) is 59.0 Å². The molecule has 126 valence electrons. The van der Waals surface area contributed by atoms with E-state index >= 15 is 0 Å². The minimum Gasteiger partial charge on any atom is -0.338 e. The molecule has 1 aliphatic heterocycles. The largest absolute Gasteiger partial charge is 0.338 e. The van der Waals surface area contributed by atoms with Crippen molar-refractivity contribution in [3.05, 3.63) is 65.4 Å². The monoisotopic (exact) mass is 332 g/mol. The van der Waals surface area contributed by atoms with Crippen LogP contribution in [0, 0.1) is 13.8 Å². The quantitative estimate of drug-likeness (QED) is 0.723. The first-order valence-corrected chi connectivity index (χ1v) is 8.56. The minimum absolute atomic E-state index is 0.0325. The van der Waals surface area contributed by atoms with Crippen LogP contribution in [0.15, 0.2) is 42.6 Å². The molecule has 0 bridgehead atoms. The van der Waals surface area contributed by atoms with Gasteiger partial charge >= 0.3 is 0 Å². The normalized spacial score (nSPS) is 17.2. The molecule has 1 aliphatic rings. The summed E-state index contributed by atoms with van der Waals surface area (Å²) < 4.78 is 0. The van der Waals surface area contributed by atoms with Gasteiger partial charge in [0.25, 0.3) is 5.91 Å². The van der Waals surface area contributed by atoms with Crippen molar-refractivity contribution in [3.63, 3.8) is 0 Å². The van der Waals surface area contributed by atoms with Crippen molar-refractivity contribution in [2.75, 3.05) is 13.1 Å². The van der Waals surface area contributed by atoms with E-state index in [-0.39, 0.29) is 11.8 Å². The molecule has 1 amide bonds. The SMILES string of the molecule is Cc1cc(C)nc([C@@H]2CCN(C(=O)c3cnc4ccccc4c3)C2)n1. The number of nitrogens with zero attached hydrogens (tertiary/aromatic N) is 4. The first-order chi connectivity index (χ1) is 12.1. The molecule has 0 N–H and O–H groups in total. The van der Waals surface area contributed by atoms with Gasteiger partial charge in [0.1, 0.15) is 5.82 Å². The Morgan fingerprint density at radius 3 is 2.68 bits per heavy atom. The lowest BCUT2D eigenvalue weighted by molar-refractivity contribution is 0.0790. The second-order valence-corrected chi connectivity index (χ2v) is 6.66. The fraction of sp³-hybridized carbons (Fsp3) is 0.300. The maximum absolute atomic E-state index is 12.8. The van der Waals surface area contributed by atoms with E-state index in [1.807, 2.05) is 55.1 Å². The lowest BCUT2D eigenvalue weighted by Gasteiger charge is -2.16. The Bertz CT molecular complexity index is 933. The predicted molar refractivity (Wildman–Crippen MR) is 96.5 cm³/mol. The molecule has 0 saturated carbocycles. The minimum atomic E-state index is 0.0325. The molecule has 4 rings (SSSR count). The van der Waals surface area contributed by atoms with E-state index < -0.39 is 0 Å². The number of aromatic nitrogens is 3. The average molecular weight is 332 g/mol. The fourth-order valence-electron chi connectivity index (χ4n) is 3.46. The van der Waals surface area contributed by atoms with Crippen LogP contribution in [0.2, 0.25) is 0 Å². The van der Waals surface area contributed by atoms with Gasteiger partial charge in [-0.3, -0.25) is 9.78 Å². The maximum Gasteiger partial charge on any atom is 0.255 e. The molecule has 0 radical (unpaired) electrons. The van der Waals surface area contributed by atoms with Gasteiger partial charge in [0.2, 0.25) is 0 Å². The predicted octanol–water partition coefficient (Wildman–Crippen LogP) is 3.27. The fourth-order valence-corrected chi connectivity index (χ4v) is 3.46. The Hall–Kier alpha value is -2.82. The number of fused-ring (bicyclic) bond motifs is 1. The Morgan fingerprint density at radius 1 is 1.12 bits per heavy atom. The highest BCUT2D eigenvalue weighted by Gasteiger charge is 2.30. The van der Waals surface area contributed by atoms with Crippen LogP contribution in [0.5, 0.6) is 0 Å². The number of hydrogen-bond donors (Lipinski definition) is 0. The van der Waals surface area contributed by atoms with Crippen LogP contribution in [0.3, 0.4) is 0 Å². The number of hydrogen-bond acceptors (Lipinski definition) is 4. The summed E-state index contributed by atoms with van der Waals surface area (Å²) in [6.07, 6.45) is 2.57. The van der Waals surface area contributed by atoms with Gasteiger partial charge < -0.3 is 4.90 Å². The molecule has 5 heteroatoms. The smallest absolute Gasteiger partial charge is 0.255 e. The standard InChI is InChI=1S/C20H20N4O/c1-13-9-14(2)23-19(22-13)16-7-8-24(12-16)20(25)17-10-15-5-3-4-6-18(15)21-11-17/h3-6,9-11,16H,7-8,12H2,1-2H3/t16-/m1/s1. The van der Waals surface area contributed by atoms with Crippen molar-refractivity contribution in [2.45, 2.75) is 26.2 Å². The summed E-state index contributed by atoms with van der Waals surface area (Å²) in [5.74, 6) is 1.09.